The van der Waals surface area contributed by atoms with Gasteiger partial charge in [-0.25, -0.2) is 0 Å². The van der Waals surface area contributed by atoms with Crippen LogP contribution in [0.3, 0.4) is 0 Å². The van der Waals surface area contributed by atoms with Gasteiger partial charge in [-0.1, -0.05) is 0 Å². The molecule has 1 aromatic rings. The zero-order valence-electron chi connectivity index (χ0n) is 12.6. The number of nitrogens with two attached hydrogens (primary N) is 1. The summed E-state index contributed by atoms with van der Waals surface area (Å²) in [6.45, 7) is 3.23. The molecule has 0 spiro atoms. The second-order valence-electron chi connectivity index (χ2n) is 5.96. The number of nitrogens with zero attached hydrogens (tertiary/aromatic N) is 2. The molecule has 5 heteroatoms. The number of benzene rings is 1. The van der Waals surface area contributed by atoms with E-state index in [2.05, 4.69) is 15.2 Å². The molecule has 1 atom stereocenters. The number of ether oxygens (including phenoxy) is 1. The van der Waals surface area contributed by atoms with Gasteiger partial charge in [0.25, 0.3) is 0 Å². The molecular formula is C16H24N4O. The summed E-state index contributed by atoms with van der Waals surface area (Å²) in [4.78, 5) is 7.09. The molecule has 1 aliphatic carbocycles. The van der Waals surface area contributed by atoms with Crippen LogP contribution in [0.25, 0.3) is 0 Å². The summed E-state index contributed by atoms with van der Waals surface area (Å²) in [5.74, 6) is 1.98. The third kappa shape index (κ3) is 3.88. The van der Waals surface area contributed by atoms with E-state index >= 15 is 0 Å². The summed E-state index contributed by atoms with van der Waals surface area (Å²) >= 11 is 0. The lowest BCUT2D eigenvalue weighted by molar-refractivity contribution is 0.315. The van der Waals surface area contributed by atoms with E-state index in [4.69, 9.17) is 10.5 Å². The summed E-state index contributed by atoms with van der Waals surface area (Å²) in [6.07, 6.45) is 4.02. The standard InChI is InChI=1S/C16H24N4O/c1-21-15-6-2-13(3-7-15)19-16(17)18-10-12-8-9-20(11-12)14-4-5-14/h2-3,6-7,12,14H,4-5,8-11H2,1H3,(H3,17,18,19). The van der Waals surface area contributed by atoms with E-state index < -0.39 is 0 Å². The maximum absolute atomic E-state index is 5.96. The van der Waals surface area contributed by atoms with Crippen LogP contribution >= 0.6 is 0 Å². The Morgan fingerprint density at radius 3 is 2.76 bits per heavy atom. The van der Waals surface area contributed by atoms with Gasteiger partial charge in [-0.05, 0) is 56.0 Å². The smallest absolute Gasteiger partial charge is 0.193 e. The molecule has 2 fully saturated rings. The number of hydrogen-bond acceptors (Lipinski definition) is 3. The average Bonchev–Trinajstić information content (AvgIpc) is 3.25. The molecule has 114 valence electrons. The lowest BCUT2D eigenvalue weighted by Gasteiger charge is -2.13. The van der Waals surface area contributed by atoms with E-state index in [0.717, 1.165) is 24.0 Å². The quantitative estimate of drug-likeness (QED) is 0.642. The van der Waals surface area contributed by atoms with Crippen molar-refractivity contribution in [3.8, 4) is 5.75 Å². The second-order valence-corrected chi connectivity index (χ2v) is 5.96. The summed E-state index contributed by atoms with van der Waals surface area (Å²) < 4.78 is 5.13. The minimum atomic E-state index is 0.491. The maximum atomic E-state index is 5.96. The Kier molecular flexibility index (Phi) is 4.29. The molecule has 1 saturated carbocycles. The van der Waals surface area contributed by atoms with Crippen molar-refractivity contribution in [3.63, 3.8) is 0 Å². The van der Waals surface area contributed by atoms with Crippen molar-refractivity contribution in [2.24, 2.45) is 16.6 Å². The Morgan fingerprint density at radius 1 is 1.33 bits per heavy atom. The summed E-state index contributed by atoms with van der Waals surface area (Å²) in [5.41, 5.74) is 6.89. The molecule has 1 heterocycles. The third-order valence-electron chi connectivity index (χ3n) is 4.26. The fraction of sp³-hybridized carbons (Fsp3) is 0.562. The summed E-state index contributed by atoms with van der Waals surface area (Å²) in [7, 11) is 1.66. The highest BCUT2D eigenvalue weighted by Gasteiger charge is 2.34. The van der Waals surface area contributed by atoms with Crippen LogP contribution in [0.4, 0.5) is 5.69 Å². The molecule has 0 bridgehead atoms. The van der Waals surface area contributed by atoms with E-state index in [1.807, 2.05) is 24.3 Å². The number of anilines is 1. The van der Waals surface area contributed by atoms with Crippen LogP contribution in [0.2, 0.25) is 0 Å². The lowest BCUT2D eigenvalue weighted by Crippen LogP contribution is -2.25. The monoisotopic (exact) mass is 288 g/mol. The van der Waals surface area contributed by atoms with Gasteiger partial charge in [-0.15, -0.1) is 0 Å². The number of rotatable bonds is 5. The zero-order chi connectivity index (χ0) is 14.7. The van der Waals surface area contributed by atoms with Gasteiger partial charge >= 0.3 is 0 Å². The fourth-order valence-electron chi connectivity index (χ4n) is 2.87. The average molecular weight is 288 g/mol. The predicted molar refractivity (Wildman–Crippen MR) is 85.8 cm³/mol. The first-order valence-corrected chi connectivity index (χ1v) is 7.69. The Morgan fingerprint density at radius 2 is 2.10 bits per heavy atom. The topological polar surface area (TPSA) is 62.9 Å². The number of aliphatic imine (C=N–C) groups is 1. The van der Waals surface area contributed by atoms with Crippen LogP contribution in [0.1, 0.15) is 19.3 Å². The Bertz CT molecular complexity index is 496. The molecule has 3 N–H and O–H groups in total. The van der Waals surface area contributed by atoms with Gasteiger partial charge in [0.05, 0.1) is 7.11 Å². The van der Waals surface area contributed by atoms with Crippen LogP contribution in [0, 0.1) is 5.92 Å². The molecule has 0 radical (unpaired) electrons. The van der Waals surface area contributed by atoms with Gasteiger partial charge in [0.15, 0.2) is 5.96 Å². The predicted octanol–water partition coefficient (Wildman–Crippen LogP) is 1.91. The molecular weight excluding hydrogens is 264 g/mol. The molecule has 5 nitrogen and oxygen atoms in total. The maximum Gasteiger partial charge on any atom is 0.193 e. The van der Waals surface area contributed by atoms with E-state index in [1.54, 1.807) is 7.11 Å². The molecule has 0 aromatic heterocycles. The fourth-order valence-corrected chi connectivity index (χ4v) is 2.87. The van der Waals surface area contributed by atoms with Crippen molar-refractivity contribution in [2.75, 3.05) is 32.1 Å². The number of guanidine groups is 1. The highest BCUT2D eigenvalue weighted by Crippen LogP contribution is 2.31. The van der Waals surface area contributed by atoms with Crippen molar-refractivity contribution < 1.29 is 4.74 Å². The van der Waals surface area contributed by atoms with Gasteiger partial charge in [-0.3, -0.25) is 4.99 Å². The van der Waals surface area contributed by atoms with Crippen LogP contribution in [-0.2, 0) is 0 Å². The van der Waals surface area contributed by atoms with Gasteiger partial charge in [-0.2, -0.15) is 0 Å². The van der Waals surface area contributed by atoms with Gasteiger partial charge < -0.3 is 20.7 Å². The molecule has 2 aliphatic rings. The van der Waals surface area contributed by atoms with Crippen LogP contribution in [0.15, 0.2) is 29.3 Å². The first-order chi connectivity index (χ1) is 10.2. The summed E-state index contributed by atoms with van der Waals surface area (Å²) in [5, 5.41) is 3.12. The second kappa shape index (κ2) is 6.35. The van der Waals surface area contributed by atoms with Gasteiger partial charge in [0.2, 0.25) is 0 Å². The lowest BCUT2D eigenvalue weighted by atomic mass is 10.1. The van der Waals surface area contributed by atoms with E-state index in [-0.39, 0.29) is 0 Å². The SMILES string of the molecule is COc1ccc(NC(N)=NCC2CCN(C3CC3)C2)cc1. The number of nitrogens with one attached hydrogen (secondary N) is 1. The molecule has 21 heavy (non-hydrogen) atoms. The van der Waals surface area contributed by atoms with Gasteiger partial charge in [0, 0.05) is 24.8 Å². The third-order valence-corrected chi connectivity index (χ3v) is 4.26. The molecule has 0 amide bonds. The van der Waals surface area contributed by atoms with E-state index in [1.165, 1.54) is 32.4 Å². The number of hydrogen-bond donors (Lipinski definition) is 2. The normalized spacial score (nSPS) is 23.3. The highest BCUT2D eigenvalue weighted by atomic mass is 16.5. The highest BCUT2D eigenvalue weighted by molar-refractivity contribution is 5.92. The van der Waals surface area contributed by atoms with Crippen LogP contribution in [-0.4, -0.2) is 43.6 Å². The van der Waals surface area contributed by atoms with Crippen molar-refractivity contribution in [2.45, 2.75) is 25.3 Å². The van der Waals surface area contributed by atoms with Crippen molar-refractivity contribution in [1.29, 1.82) is 0 Å². The Labute approximate surface area is 126 Å². The minimum Gasteiger partial charge on any atom is -0.497 e. The summed E-state index contributed by atoms with van der Waals surface area (Å²) in [6, 6.07) is 8.55. The zero-order valence-corrected chi connectivity index (χ0v) is 12.6. The minimum absolute atomic E-state index is 0.491. The van der Waals surface area contributed by atoms with Gasteiger partial charge in [0.1, 0.15) is 5.75 Å². The first kappa shape index (κ1) is 14.2. The number of methoxy groups -OCH3 is 1. The Hall–Kier alpha value is -1.75. The van der Waals surface area contributed by atoms with Crippen LogP contribution < -0.4 is 15.8 Å². The Balaban J connectivity index is 1.46. The van der Waals surface area contributed by atoms with Crippen molar-refractivity contribution in [1.82, 2.24) is 4.90 Å². The van der Waals surface area contributed by atoms with E-state index in [0.29, 0.717) is 11.9 Å². The van der Waals surface area contributed by atoms with E-state index in [9.17, 15) is 0 Å². The number of likely N-dealkylation sites (tertiary alicyclic amines) is 1. The first-order valence-electron chi connectivity index (χ1n) is 7.69. The molecule has 1 unspecified atom stereocenters. The van der Waals surface area contributed by atoms with Crippen LogP contribution in [0.5, 0.6) is 5.75 Å². The largest absolute Gasteiger partial charge is 0.497 e. The molecule has 3 rings (SSSR count). The molecule has 1 aromatic carbocycles. The molecule has 1 aliphatic heterocycles. The van der Waals surface area contributed by atoms with Crippen molar-refractivity contribution >= 4 is 11.6 Å². The molecule has 1 saturated heterocycles. The van der Waals surface area contributed by atoms with Crippen molar-refractivity contribution in [3.05, 3.63) is 24.3 Å².